The molecule has 0 unspecified atom stereocenters. The molecule has 4 rings (SSSR count). The second-order valence-electron chi connectivity index (χ2n) is 5.68. The standard InChI is InChI=1S/C15H16N4O2/c20-15-12-8-19(7-11(12)6-16-15)9-13-17-14(18-21-13)10-4-2-1-3-5-10/h1-5,11-12H,6-9H2,(H,16,20)/t11-,12+/m0/s1. The molecular formula is C15H16N4O2. The molecule has 1 aromatic carbocycles. The number of carbonyl (C=O) groups excluding carboxylic acids is 1. The first-order valence-electron chi connectivity index (χ1n) is 7.17. The van der Waals surface area contributed by atoms with Gasteiger partial charge in [-0.05, 0) is 0 Å². The van der Waals surface area contributed by atoms with Gasteiger partial charge in [0.15, 0.2) is 0 Å². The van der Waals surface area contributed by atoms with Gasteiger partial charge in [-0.25, -0.2) is 0 Å². The van der Waals surface area contributed by atoms with E-state index in [1.165, 1.54) is 0 Å². The Balaban J connectivity index is 1.45. The highest BCUT2D eigenvalue weighted by molar-refractivity contribution is 5.81. The van der Waals surface area contributed by atoms with Gasteiger partial charge in [-0.2, -0.15) is 4.98 Å². The summed E-state index contributed by atoms with van der Waals surface area (Å²) in [5.41, 5.74) is 0.949. The van der Waals surface area contributed by atoms with Crippen molar-refractivity contribution in [2.24, 2.45) is 11.8 Å². The number of nitrogens with one attached hydrogen (secondary N) is 1. The largest absolute Gasteiger partial charge is 0.355 e. The third-order valence-corrected chi connectivity index (χ3v) is 4.25. The van der Waals surface area contributed by atoms with E-state index in [9.17, 15) is 4.79 Å². The smallest absolute Gasteiger partial charge is 0.241 e. The summed E-state index contributed by atoms with van der Waals surface area (Å²) < 4.78 is 5.33. The lowest BCUT2D eigenvalue weighted by Crippen LogP contribution is -2.28. The first-order valence-corrected chi connectivity index (χ1v) is 7.17. The van der Waals surface area contributed by atoms with Crippen LogP contribution in [-0.4, -0.2) is 40.6 Å². The summed E-state index contributed by atoms with van der Waals surface area (Å²) in [4.78, 5) is 18.3. The van der Waals surface area contributed by atoms with Crippen molar-refractivity contribution >= 4 is 5.91 Å². The summed E-state index contributed by atoms with van der Waals surface area (Å²) in [5.74, 6) is 1.95. The maximum absolute atomic E-state index is 11.7. The number of likely N-dealkylation sites (tertiary alicyclic amines) is 1. The molecule has 2 aromatic rings. The van der Waals surface area contributed by atoms with Crippen molar-refractivity contribution in [1.29, 1.82) is 0 Å². The Morgan fingerprint density at radius 1 is 1.29 bits per heavy atom. The van der Waals surface area contributed by atoms with Crippen molar-refractivity contribution in [2.45, 2.75) is 6.54 Å². The molecule has 108 valence electrons. The van der Waals surface area contributed by atoms with Crippen LogP contribution in [0.5, 0.6) is 0 Å². The van der Waals surface area contributed by atoms with Crippen molar-refractivity contribution < 1.29 is 9.32 Å². The Labute approximate surface area is 122 Å². The van der Waals surface area contributed by atoms with E-state index in [0.717, 1.165) is 25.2 Å². The molecule has 6 heteroatoms. The van der Waals surface area contributed by atoms with Crippen LogP contribution < -0.4 is 5.32 Å². The number of hydrogen-bond acceptors (Lipinski definition) is 5. The zero-order chi connectivity index (χ0) is 14.2. The maximum Gasteiger partial charge on any atom is 0.241 e. The summed E-state index contributed by atoms with van der Waals surface area (Å²) >= 11 is 0. The van der Waals surface area contributed by atoms with Gasteiger partial charge in [0.2, 0.25) is 17.6 Å². The van der Waals surface area contributed by atoms with E-state index in [-0.39, 0.29) is 11.8 Å². The van der Waals surface area contributed by atoms with Crippen LogP contribution in [-0.2, 0) is 11.3 Å². The summed E-state index contributed by atoms with van der Waals surface area (Å²) in [6.45, 7) is 3.09. The number of benzene rings is 1. The summed E-state index contributed by atoms with van der Waals surface area (Å²) in [5, 5.41) is 6.94. The maximum atomic E-state index is 11.7. The average molecular weight is 284 g/mol. The number of fused-ring (bicyclic) bond motifs is 1. The fraction of sp³-hybridized carbons (Fsp3) is 0.400. The number of aromatic nitrogens is 2. The molecule has 0 spiro atoms. The van der Waals surface area contributed by atoms with Crippen LogP contribution in [0.15, 0.2) is 34.9 Å². The van der Waals surface area contributed by atoms with Crippen molar-refractivity contribution in [3.63, 3.8) is 0 Å². The van der Waals surface area contributed by atoms with E-state index in [0.29, 0.717) is 24.2 Å². The third kappa shape index (κ3) is 2.31. The Bertz CT molecular complexity index is 655. The second kappa shape index (κ2) is 4.96. The lowest BCUT2D eigenvalue weighted by molar-refractivity contribution is -0.122. The fourth-order valence-electron chi connectivity index (χ4n) is 3.17. The van der Waals surface area contributed by atoms with Crippen LogP contribution in [0.1, 0.15) is 5.89 Å². The SMILES string of the molecule is O=C1NC[C@H]2CN(Cc3nc(-c4ccccc4)no3)C[C@@H]12. The molecule has 2 aliphatic heterocycles. The van der Waals surface area contributed by atoms with E-state index >= 15 is 0 Å². The Morgan fingerprint density at radius 3 is 2.95 bits per heavy atom. The van der Waals surface area contributed by atoms with E-state index in [1.807, 2.05) is 30.3 Å². The molecule has 21 heavy (non-hydrogen) atoms. The second-order valence-corrected chi connectivity index (χ2v) is 5.68. The van der Waals surface area contributed by atoms with Gasteiger partial charge in [0.25, 0.3) is 0 Å². The highest BCUT2D eigenvalue weighted by Gasteiger charge is 2.42. The predicted octanol–water partition coefficient (Wildman–Crippen LogP) is 0.914. The molecule has 1 aromatic heterocycles. The number of nitrogens with zero attached hydrogens (tertiary/aromatic N) is 3. The number of rotatable bonds is 3. The first-order chi connectivity index (χ1) is 10.3. The predicted molar refractivity (Wildman–Crippen MR) is 75.0 cm³/mol. The average Bonchev–Trinajstić information content (AvgIpc) is 3.19. The Hall–Kier alpha value is -2.21. The van der Waals surface area contributed by atoms with Gasteiger partial charge in [-0.15, -0.1) is 0 Å². The molecule has 0 radical (unpaired) electrons. The van der Waals surface area contributed by atoms with Crippen molar-refractivity contribution in [3.8, 4) is 11.4 Å². The van der Waals surface area contributed by atoms with Crippen LogP contribution in [0.4, 0.5) is 0 Å². The lowest BCUT2D eigenvalue weighted by atomic mass is 10.0. The zero-order valence-electron chi connectivity index (χ0n) is 11.5. The van der Waals surface area contributed by atoms with Gasteiger partial charge in [-0.3, -0.25) is 9.69 Å². The molecule has 1 amide bonds. The molecule has 2 fully saturated rings. The third-order valence-electron chi connectivity index (χ3n) is 4.25. The molecule has 0 saturated carbocycles. The van der Waals surface area contributed by atoms with Crippen LogP contribution in [0.2, 0.25) is 0 Å². The van der Waals surface area contributed by atoms with Crippen molar-refractivity contribution in [3.05, 3.63) is 36.2 Å². The van der Waals surface area contributed by atoms with Crippen LogP contribution in [0.3, 0.4) is 0 Å². The molecule has 0 bridgehead atoms. The fourth-order valence-corrected chi connectivity index (χ4v) is 3.17. The van der Waals surface area contributed by atoms with E-state index in [2.05, 4.69) is 20.4 Å². The minimum absolute atomic E-state index is 0.126. The molecule has 2 saturated heterocycles. The lowest BCUT2D eigenvalue weighted by Gasteiger charge is -2.13. The number of carbonyl (C=O) groups is 1. The molecule has 0 aliphatic carbocycles. The van der Waals surface area contributed by atoms with E-state index in [4.69, 9.17) is 4.52 Å². The molecular weight excluding hydrogens is 268 g/mol. The van der Waals surface area contributed by atoms with E-state index in [1.54, 1.807) is 0 Å². The minimum Gasteiger partial charge on any atom is -0.355 e. The summed E-state index contributed by atoms with van der Waals surface area (Å²) in [6.07, 6.45) is 0. The first kappa shape index (κ1) is 12.5. The van der Waals surface area contributed by atoms with Crippen molar-refractivity contribution in [2.75, 3.05) is 19.6 Å². The quantitative estimate of drug-likeness (QED) is 0.907. The normalized spacial score (nSPS) is 25.0. The molecule has 2 aliphatic rings. The topological polar surface area (TPSA) is 71.3 Å². The minimum atomic E-state index is 0.126. The van der Waals surface area contributed by atoms with Gasteiger partial charge in [-0.1, -0.05) is 35.5 Å². The van der Waals surface area contributed by atoms with Crippen molar-refractivity contribution in [1.82, 2.24) is 20.4 Å². The van der Waals surface area contributed by atoms with Gasteiger partial charge in [0, 0.05) is 31.1 Å². The van der Waals surface area contributed by atoms with Gasteiger partial charge in [0.1, 0.15) is 0 Å². The number of hydrogen-bond donors (Lipinski definition) is 1. The summed E-state index contributed by atoms with van der Waals surface area (Å²) in [7, 11) is 0. The van der Waals surface area contributed by atoms with E-state index < -0.39 is 0 Å². The molecule has 2 atom stereocenters. The zero-order valence-corrected chi connectivity index (χ0v) is 11.5. The van der Waals surface area contributed by atoms with Gasteiger partial charge >= 0.3 is 0 Å². The van der Waals surface area contributed by atoms with Gasteiger partial charge < -0.3 is 9.84 Å². The van der Waals surface area contributed by atoms with Crippen LogP contribution in [0.25, 0.3) is 11.4 Å². The Morgan fingerprint density at radius 2 is 2.14 bits per heavy atom. The molecule has 3 heterocycles. The molecule has 1 N–H and O–H groups in total. The number of amides is 1. The van der Waals surface area contributed by atoms with Crippen LogP contribution >= 0.6 is 0 Å². The Kier molecular flexibility index (Phi) is 2.96. The molecule has 6 nitrogen and oxygen atoms in total. The van der Waals surface area contributed by atoms with Gasteiger partial charge in [0.05, 0.1) is 12.5 Å². The highest BCUT2D eigenvalue weighted by Crippen LogP contribution is 2.28. The monoisotopic (exact) mass is 284 g/mol. The summed E-state index contributed by atoms with van der Waals surface area (Å²) in [6, 6.07) is 9.77. The van der Waals surface area contributed by atoms with Crippen LogP contribution in [0, 0.1) is 11.8 Å². The highest BCUT2D eigenvalue weighted by atomic mass is 16.5.